The quantitative estimate of drug-likeness (QED) is 0.134. The van der Waals surface area contributed by atoms with Crippen molar-refractivity contribution in [3.05, 3.63) is 0 Å². The van der Waals surface area contributed by atoms with Crippen molar-refractivity contribution >= 4 is 31.9 Å². The molecule has 0 radical (unpaired) electrons. The van der Waals surface area contributed by atoms with E-state index in [1.165, 1.54) is 0 Å². The number of hydrogen-bond donors (Lipinski definition) is 8. The van der Waals surface area contributed by atoms with Crippen LogP contribution in [0.4, 0.5) is 9.59 Å². The fraction of sp³-hybridized carbons (Fsp3) is 0. The molecule has 0 aromatic carbocycles. The second-order valence-corrected chi connectivity index (χ2v) is 2.76. The number of carbonyl (C=O) groups is 2. The Kier molecular flexibility index (Phi) is 100. The van der Waals surface area contributed by atoms with Gasteiger partial charge in [0.15, 0.2) is 0 Å². The van der Waals surface area contributed by atoms with Crippen LogP contribution in [-0.2, 0) is 14.9 Å². The molecule has 0 bridgehead atoms. The summed E-state index contributed by atoms with van der Waals surface area (Å²) in [6.45, 7) is 0. The van der Waals surface area contributed by atoms with Gasteiger partial charge in [-0.25, -0.2) is 9.59 Å². The van der Waals surface area contributed by atoms with Gasteiger partial charge in [-0.15, -0.1) is 0 Å². The van der Waals surface area contributed by atoms with Gasteiger partial charge < -0.3 is 37.2 Å². The Labute approximate surface area is 244 Å². The van der Waals surface area contributed by atoms with Crippen LogP contribution < -0.4 is 148 Å². The van der Waals surface area contributed by atoms with Crippen LogP contribution >= 0.6 is 0 Å². The van der Waals surface area contributed by atoms with E-state index in [4.69, 9.17) is 61.6 Å². The van der Waals surface area contributed by atoms with Crippen LogP contribution in [0.5, 0.6) is 0 Å². The number of hydrogen-bond acceptors (Lipinski definition) is 5. The summed E-state index contributed by atoms with van der Waals surface area (Å²) < 4.78 is 40.3. The average molecular weight is 420 g/mol. The molecule has 0 saturated heterocycles. The van der Waals surface area contributed by atoms with Gasteiger partial charge in [-0.2, -0.15) is 8.42 Å². The minimum Gasteiger partial charge on any atom is -1.00 e. The molecular formula is C2H13Na5O13SSi. The maximum Gasteiger partial charge on any atom is 1.00 e. The fourth-order valence-electron chi connectivity index (χ4n) is 0. The monoisotopic (exact) mass is 420 g/mol. The predicted octanol–water partition coefficient (Wildman–Crippen LogP) is -16.2. The Balaban J connectivity index is -0.00000000621. The van der Waals surface area contributed by atoms with Crippen LogP contribution in [0.2, 0.25) is 0 Å². The standard InChI is InChI=1S/2CH2O3.5Na.H2O4S.H2O3Si.5H/c2*2-1(3)4;;;;;;1-5(2,3)4;1-4(2)3;;;;;/h2*(H2,2,3,4);;;;;;(H2,1,2,3,4);1-2H;;;;;/q;;5*+1;;;5*-1. The van der Waals surface area contributed by atoms with E-state index in [-0.39, 0.29) is 155 Å². The molecule has 0 amide bonds. The summed E-state index contributed by atoms with van der Waals surface area (Å²) in [6.07, 6.45) is -3.67. The first-order chi connectivity index (χ1) is 7.20. The van der Waals surface area contributed by atoms with Crippen LogP contribution in [0.1, 0.15) is 7.13 Å². The van der Waals surface area contributed by atoms with Gasteiger partial charge in [0, 0.05) is 0 Å². The van der Waals surface area contributed by atoms with Gasteiger partial charge in [0.05, 0.1) is 0 Å². The molecule has 22 heavy (non-hydrogen) atoms. The van der Waals surface area contributed by atoms with Gasteiger partial charge in [-0.3, -0.25) is 13.6 Å². The van der Waals surface area contributed by atoms with Crippen molar-refractivity contribution in [2.24, 2.45) is 0 Å². The molecule has 13 nitrogen and oxygen atoms in total. The van der Waals surface area contributed by atoms with Crippen LogP contribution in [0.15, 0.2) is 0 Å². The van der Waals surface area contributed by atoms with Crippen LogP contribution in [0, 0.1) is 0 Å². The van der Waals surface area contributed by atoms with E-state index in [1.807, 2.05) is 0 Å². The van der Waals surface area contributed by atoms with E-state index in [0.29, 0.717) is 0 Å². The summed E-state index contributed by atoms with van der Waals surface area (Å²) in [5.41, 5.74) is 0. The Hall–Kier alpha value is 3.03. The summed E-state index contributed by atoms with van der Waals surface area (Å²) in [5, 5.41) is 27.9. The molecule has 0 aromatic heterocycles. The van der Waals surface area contributed by atoms with Crippen molar-refractivity contribution in [1.82, 2.24) is 0 Å². The smallest absolute Gasteiger partial charge is 1.00 e. The number of rotatable bonds is 0. The SMILES string of the molecule is O=C(O)O.O=C(O)O.O=S(=O)(O)O.O=[Si](O)O.[H-].[H-].[H-].[H-].[H-].[Na+].[Na+].[Na+].[Na+].[Na+]. The largest absolute Gasteiger partial charge is 1.00 e. The topological polar surface area (TPSA) is 247 Å². The summed E-state index contributed by atoms with van der Waals surface area (Å²) in [7, 11) is -7.80. The summed E-state index contributed by atoms with van der Waals surface area (Å²) in [6, 6.07) is 0. The predicted molar refractivity (Wildman–Crippen MR) is 51.9 cm³/mol. The third-order valence-corrected chi connectivity index (χ3v) is 0. The maximum absolute atomic E-state index is 8.74. The first-order valence-electron chi connectivity index (χ1n) is 2.65. The zero-order valence-electron chi connectivity index (χ0n) is 17.5. The summed E-state index contributed by atoms with van der Waals surface area (Å²) >= 11 is 0. The molecule has 0 fully saturated rings. The molecule has 0 heterocycles. The molecule has 0 aromatic rings. The van der Waals surface area contributed by atoms with Crippen molar-refractivity contribution in [3.63, 3.8) is 0 Å². The molecular weight excluding hydrogens is 407 g/mol. The van der Waals surface area contributed by atoms with Crippen LogP contribution in [-0.4, -0.2) is 69.0 Å². The molecule has 114 valence electrons. The molecule has 0 atom stereocenters. The maximum atomic E-state index is 8.74. The Bertz CT molecular complexity index is 301. The van der Waals surface area contributed by atoms with Gasteiger partial charge in [0.2, 0.25) is 0 Å². The zero-order valence-corrected chi connectivity index (χ0v) is 24.3. The van der Waals surface area contributed by atoms with Crippen molar-refractivity contribution in [3.8, 4) is 0 Å². The van der Waals surface area contributed by atoms with E-state index in [0.717, 1.165) is 0 Å². The third kappa shape index (κ3) is 1220. The summed E-state index contributed by atoms with van der Waals surface area (Å²) in [5.74, 6) is 0. The first kappa shape index (κ1) is 56.2. The van der Waals surface area contributed by atoms with E-state index >= 15 is 0 Å². The molecule has 0 aliphatic rings. The minimum absolute atomic E-state index is 0. The zero-order chi connectivity index (χ0) is 15.2. The molecule has 0 spiro atoms. The van der Waals surface area contributed by atoms with Gasteiger partial charge in [0.1, 0.15) is 0 Å². The Morgan fingerprint density at radius 2 is 0.727 bits per heavy atom. The normalized spacial score (nSPS) is 5.91. The molecule has 0 saturated carbocycles. The van der Waals surface area contributed by atoms with Gasteiger partial charge in [-0.05, 0) is 0 Å². The van der Waals surface area contributed by atoms with Crippen LogP contribution in [0.25, 0.3) is 0 Å². The van der Waals surface area contributed by atoms with Crippen molar-refractivity contribution in [1.29, 1.82) is 0 Å². The van der Waals surface area contributed by atoms with Gasteiger partial charge in [0.25, 0.3) is 0 Å². The molecule has 0 aliphatic heterocycles. The van der Waals surface area contributed by atoms with Crippen LogP contribution in [0.3, 0.4) is 0 Å². The second kappa shape index (κ2) is 39.2. The Morgan fingerprint density at radius 1 is 0.727 bits per heavy atom. The van der Waals surface area contributed by atoms with E-state index in [2.05, 4.69) is 0 Å². The first-order valence-corrected chi connectivity index (χ1v) is 5.35. The van der Waals surface area contributed by atoms with Crippen molar-refractivity contribution in [2.75, 3.05) is 0 Å². The molecule has 20 heteroatoms. The average Bonchev–Trinajstić information content (AvgIpc) is 1.73. The number of carboxylic acid groups (broad SMARTS) is 4. The molecule has 0 rings (SSSR count). The van der Waals surface area contributed by atoms with Crippen molar-refractivity contribution in [2.45, 2.75) is 0 Å². The van der Waals surface area contributed by atoms with E-state index in [9.17, 15) is 0 Å². The fourth-order valence-corrected chi connectivity index (χ4v) is 0. The van der Waals surface area contributed by atoms with Crippen molar-refractivity contribution < 1.29 is 217 Å². The third-order valence-electron chi connectivity index (χ3n) is 0. The Morgan fingerprint density at radius 3 is 0.727 bits per heavy atom. The summed E-state index contributed by atoms with van der Waals surface area (Å²) in [4.78, 5) is 31.4. The van der Waals surface area contributed by atoms with E-state index < -0.39 is 31.9 Å². The van der Waals surface area contributed by atoms with E-state index in [1.54, 1.807) is 0 Å². The van der Waals surface area contributed by atoms with Gasteiger partial charge in [-0.1, -0.05) is 0 Å². The second-order valence-electron chi connectivity index (χ2n) is 1.30. The molecule has 8 N–H and O–H groups in total. The molecule has 0 unspecified atom stereocenters. The minimum atomic E-state index is -4.67. The van der Waals surface area contributed by atoms with Gasteiger partial charge >= 0.3 is 180 Å². The molecule has 0 aliphatic carbocycles.